The molecule has 1 aliphatic rings. The number of hydrogen-bond donors (Lipinski definition) is 1. The average Bonchev–Trinajstić information content (AvgIpc) is 2.87. The van der Waals surface area contributed by atoms with Gasteiger partial charge in [0.25, 0.3) is 5.91 Å². The summed E-state index contributed by atoms with van der Waals surface area (Å²) in [7, 11) is 4.65. The Morgan fingerprint density at radius 1 is 1.12 bits per heavy atom. The van der Waals surface area contributed by atoms with Gasteiger partial charge in [-0.3, -0.25) is 4.79 Å². The van der Waals surface area contributed by atoms with Gasteiger partial charge in [0.15, 0.2) is 18.1 Å². The van der Waals surface area contributed by atoms with Gasteiger partial charge in [0.05, 0.1) is 39.7 Å². The quantitative estimate of drug-likeness (QED) is 0.472. The summed E-state index contributed by atoms with van der Waals surface area (Å²) in [5.41, 5.74) is 1.53. The lowest BCUT2D eigenvalue weighted by atomic mass is 10.1. The van der Waals surface area contributed by atoms with Gasteiger partial charge in [-0.25, -0.2) is 14.8 Å². The van der Waals surface area contributed by atoms with Gasteiger partial charge in [0.1, 0.15) is 5.56 Å². The van der Waals surface area contributed by atoms with Crippen LogP contribution >= 0.6 is 0 Å². The predicted octanol–water partition coefficient (Wildman–Crippen LogP) is 0.993. The molecule has 11 nitrogen and oxygen atoms in total. The number of amides is 1. The number of methoxy groups -OCH3 is 3. The average molecular weight is 475 g/mol. The zero-order valence-corrected chi connectivity index (χ0v) is 19.7. The van der Waals surface area contributed by atoms with Gasteiger partial charge >= 0.3 is 5.97 Å². The molecule has 1 aromatic carbocycles. The van der Waals surface area contributed by atoms with Crippen molar-refractivity contribution < 1.29 is 33.3 Å². The summed E-state index contributed by atoms with van der Waals surface area (Å²) in [6.07, 6.45) is 1.98. The molecule has 0 bridgehead atoms. The van der Waals surface area contributed by atoms with E-state index in [-0.39, 0.29) is 12.2 Å². The Morgan fingerprint density at radius 2 is 1.88 bits per heavy atom. The maximum Gasteiger partial charge on any atom is 0.342 e. The topological polar surface area (TPSA) is 121 Å². The van der Waals surface area contributed by atoms with Crippen molar-refractivity contribution in [2.75, 3.05) is 65.7 Å². The number of nitrogens with one attached hydrogen (secondary N) is 1. The first-order chi connectivity index (χ1) is 16.5. The highest BCUT2D eigenvalue weighted by Gasteiger charge is 2.20. The Morgan fingerprint density at radius 3 is 2.59 bits per heavy atom. The van der Waals surface area contributed by atoms with E-state index in [0.29, 0.717) is 62.4 Å². The fraction of sp³-hybridized carbons (Fsp3) is 0.478. The summed E-state index contributed by atoms with van der Waals surface area (Å²) >= 11 is 0. The Balaban J connectivity index is 1.50. The number of esters is 1. The van der Waals surface area contributed by atoms with E-state index in [2.05, 4.69) is 15.3 Å². The van der Waals surface area contributed by atoms with E-state index in [0.717, 1.165) is 5.56 Å². The molecule has 34 heavy (non-hydrogen) atoms. The molecule has 11 heteroatoms. The minimum absolute atomic E-state index is 0.113. The molecule has 0 spiro atoms. The van der Waals surface area contributed by atoms with E-state index in [4.69, 9.17) is 23.7 Å². The molecule has 1 amide bonds. The molecule has 0 atom stereocenters. The lowest BCUT2D eigenvalue weighted by Crippen LogP contribution is -2.37. The third kappa shape index (κ3) is 6.78. The molecule has 2 aromatic rings. The SMILES string of the molecule is COCc1nc(N2CCOCC2)ncc1C(=O)OCC(=O)NCCc1ccc(OC)c(OC)c1. The molecule has 1 saturated heterocycles. The number of morpholine rings is 1. The molecule has 0 saturated carbocycles. The molecule has 0 radical (unpaired) electrons. The van der Waals surface area contributed by atoms with Crippen molar-refractivity contribution >= 4 is 17.8 Å². The van der Waals surface area contributed by atoms with Crippen molar-refractivity contribution in [2.24, 2.45) is 0 Å². The second-order valence-corrected chi connectivity index (χ2v) is 7.43. The van der Waals surface area contributed by atoms with E-state index in [9.17, 15) is 9.59 Å². The van der Waals surface area contributed by atoms with Crippen LogP contribution in [0.1, 0.15) is 21.6 Å². The minimum atomic E-state index is -0.685. The second-order valence-electron chi connectivity index (χ2n) is 7.43. The van der Waals surface area contributed by atoms with Crippen LogP contribution in [0.15, 0.2) is 24.4 Å². The first-order valence-corrected chi connectivity index (χ1v) is 10.9. The maximum atomic E-state index is 12.6. The zero-order valence-electron chi connectivity index (χ0n) is 19.7. The first-order valence-electron chi connectivity index (χ1n) is 10.9. The monoisotopic (exact) mass is 474 g/mol. The molecule has 0 aliphatic carbocycles. The van der Waals surface area contributed by atoms with Crippen LogP contribution in [0.25, 0.3) is 0 Å². The van der Waals surface area contributed by atoms with Gasteiger partial charge < -0.3 is 33.9 Å². The number of carbonyl (C=O) groups is 2. The molecule has 1 aliphatic heterocycles. The van der Waals surface area contributed by atoms with Crippen molar-refractivity contribution in [1.82, 2.24) is 15.3 Å². The highest BCUT2D eigenvalue weighted by atomic mass is 16.5. The van der Waals surface area contributed by atoms with E-state index in [1.54, 1.807) is 14.2 Å². The Hall–Kier alpha value is -3.44. The molecule has 1 fully saturated rings. The predicted molar refractivity (Wildman–Crippen MR) is 122 cm³/mol. The highest BCUT2D eigenvalue weighted by molar-refractivity contribution is 5.92. The number of rotatable bonds is 11. The fourth-order valence-corrected chi connectivity index (χ4v) is 3.38. The van der Waals surface area contributed by atoms with Gasteiger partial charge in [-0.1, -0.05) is 6.07 Å². The molecular weight excluding hydrogens is 444 g/mol. The number of hydrogen-bond acceptors (Lipinski definition) is 10. The van der Waals surface area contributed by atoms with Crippen molar-refractivity contribution in [3.63, 3.8) is 0 Å². The minimum Gasteiger partial charge on any atom is -0.493 e. The summed E-state index contributed by atoms with van der Waals surface area (Å²) in [6, 6.07) is 5.55. The number of nitrogens with zero attached hydrogens (tertiary/aromatic N) is 3. The van der Waals surface area contributed by atoms with E-state index in [1.165, 1.54) is 13.3 Å². The molecule has 2 heterocycles. The fourth-order valence-electron chi connectivity index (χ4n) is 3.38. The summed E-state index contributed by atoms with van der Waals surface area (Å²) in [4.78, 5) is 35.4. The van der Waals surface area contributed by atoms with E-state index < -0.39 is 18.5 Å². The largest absolute Gasteiger partial charge is 0.493 e. The molecule has 184 valence electrons. The Bertz CT molecular complexity index is 980. The summed E-state index contributed by atoms with van der Waals surface area (Å²) in [5.74, 6) is 0.661. The number of benzene rings is 1. The number of aromatic nitrogens is 2. The van der Waals surface area contributed by atoms with Crippen LogP contribution in [-0.4, -0.2) is 82.6 Å². The molecule has 1 N–H and O–H groups in total. The Kier molecular flexibility index (Phi) is 9.41. The highest BCUT2D eigenvalue weighted by Crippen LogP contribution is 2.27. The standard InChI is InChI=1S/C23H30N4O7/c1-30-14-18-17(13-25-23(26-18)27-8-10-33-11-9-27)22(29)34-15-21(28)24-7-6-16-4-5-19(31-2)20(12-16)32-3/h4-5,12-13H,6-11,14-15H2,1-3H3,(H,24,28). The van der Waals surface area contributed by atoms with Gasteiger partial charge in [0.2, 0.25) is 5.95 Å². The zero-order chi connectivity index (χ0) is 24.3. The Labute approximate surface area is 198 Å². The third-order valence-corrected chi connectivity index (χ3v) is 5.17. The van der Waals surface area contributed by atoms with Crippen molar-refractivity contribution in [3.05, 3.63) is 41.2 Å². The number of anilines is 1. The number of carbonyl (C=O) groups excluding carboxylic acids is 2. The normalized spacial score (nSPS) is 13.3. The van der Waals surface area contributed by atoms with Crippen molar-refractivity contribution in [3.8, 4) is 11.5 Å². The lowest BCUT2D eigenvalue weighted by molar-refractivity contribution is -0.124. The van der Waals surface area contributed by atoms with Gasteiger partial charge in [-0.15, -0.1) is 0 Å². The van der Waals surface area contributed by atoms with Crippen LogP contribution in [0, 0.1) is 0 Å². The van der Waals surface area contributed by atoms with Crippen LogP contribution in [0.5, 0.6) is 11.5 Å². The van der Waals surface area contributed by atoms with Crippen LogP contribution < -0.4 is 19.7 Å². The first kappa shape index (κ1) is 25.2. The van der Waals surface area contributed by atoms with Gasteiger partial charge in [0, 0.05) is 32.9 Å². The van der Waals surface area contributed by atoms with Crippen LogP contribution in [-0.2, 0) is 32.0 Å². The van der Waals surface area contributed by atoms with Gasteiger partial charge in [-0.2, -0.15) is 0 Å². The molecule has 3 rings (SSSR count). The maximum absolute atomic E-state index is 12.6. The van der Waals surface area contributed by atoms with Crippen LogP contribution in [0.3, 0.4) is 0 Å². The van der Waals surface area contributed by atoms with E-state index >= 15 is 0 Å². The summed E-state index contributed by atoms with van der Waals surface area (Å²) < 4.78 is 26.2. The molecular formula is C23H30N4O7. The molecule has 0 unspecified atom stereocenters. The summed E-state index contributed by atoms with van der Waals surface area (Å²) in [5, 5.41) is 2.73. The lowest BCUT2D eigenvalue weighted by Gasteiger charge is -2.27. The second kappa shape index (κ2) is 12.7. The van der Waals surface area contributed by atoms with Crippen LogP contribution in [0.2, 0.25) is 0 Å². The number of ether oxygens (including phenoxy) is 5. The van der Waals surface area contributed by atoms with Crippen molar-refractivity contribution in [1.29, 1.82) is 0 Å². The smallest absolute Gasteiger partial charge is 0.342 e. The van der Waals surface area contributed by atoms with Crippen molar-refractivity contribution in [2.45, 2.75) is 13.0 Å². The molecule has 1 aromatic heterocycles. The third-order valence-electron chi connectivity index (χ3n) is 5.17. The summed E-state index contributed by atoms with van der Waals surface area (Å²) in [6.45, 7) is 2.59. The van der Waals surface area contributed by atoms with Crippen LogP contribution in [0.4, 0.5) is 5.95 Å². The van der Waals surface area contributed by atoms with Gasteiger partial charge in [-0.05, 0) is 24.1 Å². The van der Waals surface area contributed by atoms with E-state index in [1.807, 2.05) is 23.1 Å².